The second-order valence-electron chi connectivity index (χ2n) is 2.81. The van der Waals surface area contributed by atoms with Gasteiger partial charge in [-0.3, -0.25) is 5.10 Å². The lowest BCUT2D eigenvalue weighted by atomic mass is 10.3. The molecule has 0 amide bonds. The van der Waals surface area contributed by atoms with E-state index in [9.17, 15) is 0 Å². The monoisotopic (exact) mass is 230 g/mol. The average molecular weight is 231 g/mol. The van der Waals surface area contributed by atoms with E-state index in [2.05, 4.69) is 36.3 Å². The van der Waals surface area contributed by atoms with Gasteiger partial charge in [-0.15, -0.1) is 0 Å². The molecule has 2 N–H and O–H groups in total. The zero-order chi connectivity index (χ0) is 8.39. The van der Waals surface area contributed by atoms with Crippen LogP contribution in [0.5, 0.6) is 0 Å². The molecule has 12 heavy (non-hydrogen) atoms. The third-order valence-electron chi connectivity index (χ3n) is 2.03. The summed E-state index contributed by atoms with van der Waals surface area (Å²) >= 11 is 3.42. The molecule has 0 unspecified atom stereocenters. The summed E-state index contributed by atoms with van der Waals surface area (Å²) in [4.78, 5) is 2.31. The minimum atomic E-state index is 0.976. The molecule has 4 nitrogen and oxygen atoms in total. The van der Waals surface area contributed by atoms with Gasteiger partial charge in [-0.1, -0.05) is 0 Å². The number of piperazine rings is 1. The third kappa shape index (κ3) is 1.47. The largest absolute Gasteiger partial charge is 0.366 e. The summed E-state index contributed by atoms with van der Waals surface area (Å²) in [7, 11) is 0. The van der Waals surface area contributed by atoms with E-state index in [1.807, 2.05) is 6.20 Å². The molecule has 0 aromatic carbocycles. The van der Waals surface area contributed by atoms with Crippen molar-refractivity contribution in [3.05, 3.63) is 10.8 Å². The normalized spacial score (nSPS) is 18.2. The van der Waals surface area contributed by atoms with Crippen molar-refractivity contribution in [2.24, 2.45) is 0 Å². The lowest BCUT2D eigenvalue weighted by molar-refractivity contribution is 0.589. The number of nitrogens with zero attached hydrogens (tertiary/aromatic N) is 2. The van der Waals surface area contributed by atoms with E-state index in [1.54, 1.807) is 0 Å². The maximum Gasteiger partial charge on any atom is 0.124 e. The van der Waals surface area contributed by atoms with Gasteiger partial charge >= 0.3 is 0 Å². The summed E-state index contributed by atoms with van der Waals surface area (Å²) in [6.45, 7) is 4.21. The van der Waals surface area contributed by atoms with Crippen LogP contribution in [0.3, 0.4) is 0 Å². The maximum atomic E-state index is 3.96. The average Bonchev–Trinajstić information content (AvgIpc) is 2.53. The number of nitrogens with one attached hydrogen (secondary N) is 2. The van der Waals surface area contributed by atoms with E-state index in [0.717, 1.165) is 36.5 Å². The quantitative estimate of drug-likeness (QED) is 0.743. The van der Waals surface area contributed by atoms with Crippen LogP contribution in [0.2, 0.25) is 0 Å². The molecule has 1 aliphatic rings. The summed E-state index contributed by atoms with van der Waals surface area (Å²) < 4.78 is 0.976. The van der Waals surface area contributed by atoms with Gasteiger partial charge in [0.2, 0.25) is 0 Å². The van der Waals surface area contributed by atoms with Crippen LogP contribution in [0.1, 0.15) is 0 Å². The number of hydrogen-bond donors (Lipinski definition) is 2. The Morgan fingerprint density at radius 2 is 2.17 bits per heavy atom. The first kappa shape index (κ1) is 8.07. The van der Waals surface area contributed by atoms with Crippen LogP contribution in [-0.4, -0.2) is 36.4 Å². The SMILES string of the molecule is Brc1[nH]ncc1N1CCNCC1. The highest BCUT2D eigenvalue weighted by molar-refractivity contribution is 9.10. The number of hydrogen-bond acceptors (Lipinski definition) is 3. The van der Waals surface area contributed by atoms with Crippen molar-refractivity contribution in [3.63, 3.8) is 0 Å². The molecule has 1 aromatic heterocycles. The number of anilines is 1. The molecule has 66 valence electrons. The van der Waals surface area contributed by atoms with Crippen LogP contribution < -0.4 is 10.2 Å². The molecule has 5 heteroatoms. The van der Waals surface area contributed by atoms with Crippen molar-refractivity contribution in [1.82, 2.24) is 15.5 Å². The van der Waals surface area contributed by atoms with Gasteiger partial charge in [0.15, 0.2) is 0 Å². The molecule has 0 radical (unpaired) electrons. The molecular formula is C7H11BrN4. The maximum absolute atomic E-state index is 3.96. The summed E-state index contributed by atoms with van der Waals surface area (Å²) in [5, 5.41) is 10.1. The Morgan fingerprint density at radius 3 is 2.75 bits per heavy atom. The molecule has 0 atom stereocenters. The van der Waals surface area contributed by atoms with Crippen LogP contribution in [0.25, 0.3) is 0 Å². The fourth-order valence-corrected chi connectivity index (χ4v) is 1.85. The molecule has 1 fully saturated rings. The van der Waals surface area contributed by atoms with Crippen LogP contribution in [0, 0.1) is 0 Å². The minimum absolute atomic E-state index is 0.976. The van der Waals surface area contributed by atoms with E-state index in [1.165, 1.54) is 0 Å². The fraction of sp³-hybridized carbons (Fsp3) is 0.571. The third-order valence-corrected chi connectivity index (χ3v) is 2.62. The number of aromatic amines is 1. The first-order chi connectivity index (χ1) is 5.88. The second kappa shape index (κ2) is 3.45. The van der Waals surface area contributed by atoms with Gasteiger partial charge in [-0.05, 0) is 15.9 Å². The van der Waals surface area contributed by atoms with Gasteiger partial charge in [-0.25, -0.2) is 0 Å². The predicted octanol–water partition coefficient (Wildman–Crippen LogP) is 0.582. The van der Waals surface area contributed by atoms with E-state index in [-0.39, 0.29) is 0 Å². The van der Waals surface area contributed by atoms with Gasteiger partial charge in [0.25, 0.3) is 0 Å². The molecule has 0 spiro atoms. The van der Waals surface area contributed by atoms with E-state index in [0.29, 0.717) is 0 Å². The molecule has 1 aliphatic heterocycles. The zero-order valence-electron chi connectivity index (χ0n) is 6.68. The molecule has 1 aromatic rings. The lowest BCUT2D eigenvalue weighted by Gasteiger charge is -2.28. The highest BCUT2D eigenvalue weighted by atomic mass is 79.9. The van der Waals surface area contributed by atoms with Crippen molar-refractivity contribution in [2.45, 2.75) is 0 Å². The Morgan fingerprint density at radius 1 is 1.42 bits per heavy atom. The van der Waals surface area contributed by atoms with Gasteiger partial charge in [0.1, 0.15) is 4.60 Å². The molecule has 1 saturated heterocycles. The highest BCUT2D eigenvalue weighted by Gasteiger charge is 2.13. The van der Waals surface area contributed by atoms with Crippen LogP contribution in [0.15, 0.2) is 10.8 Å². The minimum Gasteiger partial charge on any atom is -0.366 e. The molecule has 0 aliphatic carbocycles. The Hall–Kier alpha value is -0.550. The van der Waals surface area contributed by atoms with Crippen molar-refractivity contribution in [1.29, 1.82) is 0 Å². The first-order valence-corrected chi connectivity index (χ1v) is 4.82. The van der Waals surface area contributed by atoms with Gasteiger partial charge < -0.3 is 10.2 Å². The van der Waals surface area contributed by atoms with Crippen molar-refractivity contribution in [2.75, 3.05) is 31.1 Å². The van der Waals surface area contributed by atoms with Crippen LogP contribution >= 0.6 is 15.9 Å². The standard InChI is InChI=1S/C7H11BrN4/c8-7-6(5-10-11-7)12-3-1-9-2-4-12/h5,9H,1-4H2,(H,10,11). The summed E-state index contributed by atoms with van der Waals surface area (Å²) in [6, 6.07) is 0. The lowest BCUT2D eigenvalue weighted by Crippen LogP contribution is -2.43. The number of H-pyrrole nitrogens is 1. The van der Waals surface area contributed by atoms with Crippen molar-refractivity contribution in [3.8, 4) is 0 Å². The van der Waals surface area contributed by atoms with E-state index >= 15 is 0 Å². The van der Waals surface area contributed by atoms with Gasteiger partial charge in [0, 0.05) is 26.2 Å². The van der Waals surface area contributed by atoms with E-state index in [4.69, 9.17) is 0 Å². The number of aromatic nitrogens is 2. The van der Waals surface area contributed by atoms with Gasteiger partial charge in [-0.2, -0.15) is 5.10 Å². The van der Waals surface area contributed by atoms with E-state index < -0.39 is 0 Å². The van der Waals surface area contributed by atoms with Crippen molar-refractivity contribution < 1.29 is 0 Å². The predicted molar refractivity (Wildman–Crippen MR) is 51.4 cm³/mol. The van der Waals surface area contributed by atoms with Crippen LogP contribution in [0.4, 0.5) is 5.69 Å². The molecule has 2 heterocycles. The first-order valence-electron chi connectivity index (χ1n) is 4.02. The highest BCUT2D eigenvalue weighted by Crippen LogP contribution is 2.22. The molecular weight excluding hydrogens is 220 g/mol. The second-order valence-corrected chi connectivity index (χ2v) is 3.60. The summed E-state index contributed by atoms with van der Waals surface area (Å²) in [6.07, 6.45) is 1.86. The van der Waals surface area contributed by atoms with Gasteiger partial charge in [0.05, 0.1) is 11.9 Å². The zero-order valence-corrected chi connectivity index (χ0v) is 8.26. The topological polar surface area (TPSA) is 44.0 Å². The van der Waals surface area contributed by atoms with Crippen LogP contribution in [-0.2, 0) is 0 Å². The van der Waals surface area contributed by atoms with Crippen molar-refractivity contribution >= 4 is 21.6 Å². The molecule has 0 bridgehead atoms. The molecule has 2 rings (SSSR count). The molecule has 0 saturated carbocycles. The number of halogens is 1. The smallest absolute Gasteiger partial charge is 0.124 e. The summed E-state index contributed by atoms with van der Waals surface area (Å²) in [5.41, 5.74) is 1.16. The fourth-order valence-electron chi connectivity index (χ4n) is 1.39. The Bertz CT molecular complexity index is 254. The number of rotatable bonds is 1. The Balaban J connectivity index is 2.13. The summed E-state index contributed by atoms with van der Waals surface area (Å²) in [5.74, 6) is 0. The Labute approximate surface area is 79.5 Å². The Kier molecular flexibility index (Phi) is 2.32.